The number of nitrogens with one attached hydrogen (secondary N) is 1. The fraction of sp³-hybridized carbons (Fsp3) is 0.364. The van der Waals surface area contributed by atoms with Crippen LogP contribution in [0.5, 0.6) is 5.75 Å². The number of halogens is 1. The van der Waals surface area contributed by atoms with E-state index in [-0.39, 0.29) is 24.7 Å². The standard InChI is InChI=1S/C22H24ClNO5/c1-15(17-4-2-5-18(23)12-17)24-21(25)14-29-22(26)16-7-9-19(10-8-16)28-13-20-6-3-11-27-20/h2,4-5,7-10,12,15,20H,3,6,11,13-14H2,1H3,(H,24,25)/t15-,20+/m1/s1. The molecule has 1 aliphatic heterocycles. The summed E-state index contributed by atoms with van der Waals surface area (Å²) in [5, 5.41) is 3.37. The summed E-state index contributed by atoms with van der Waals surface area (Å²) in [4.78, 5) is 24.2. The fourth-order valence-corrected chi connectivity index (χ4v) is 3.21. The Morgan fingerprint density at radius 1 is 1.24 bits per heavy atom. The summed E-state index contributed by atoms with van der Waals surface area (Å²) in [7, 11) is 0. The van der Waals surface area contributed by atoms with Gasteiger partial charge in [0, 0.05) is 11.6 Å². The number of carbonyl (C=O) groups excluding carboxylic acids is 2. The van der Waals surface area contributed by atoms with E-state index in [4.69, 9.17) is 25.8 Å². The van der Waals surface area contributed by atoms with Gasteiger partial charge in [-0.2, -0.15) is 0 Å². The first-order valence-corrected chi connectivity index (χ1v) is 9.95. The topological polar surface area (TPSA) is 73.9 Å². The summed E-state index contributed by atoms with van der Waals surface area (Å²) in [6.45, 7) is 2.75. The van der Waals surface area contributed by atoms with Crippen molar-refractivity contribution in [1.82, 2.24) is 5.32 Å². The van der Waals surface area contributed by atoms with Gasteiger partial charge < -0.3 is 19.5 Å². The van der Waals surface area contributed by atoms with Crippen LogP contribution in [-0.4, -0.2) is 37.8 Å². The molecule has 0 spiro atoms. The summed E-state index contributed by atoms with van der Waals surface area (Å²) >= 11 is 5.96. The van der Waals surface area contributed by atoms with Crippen molar-refractivity contribution < 1.29 is 23.8 Å². The Hall–Kier alpha value is -2.57. The van der Waals surface area contributed by atoms with Gasteiger partial charge in [0.25, 0.3) is 5.91 Å². The third-order valence-electron chi connectivity index (χ3n) is 4.61. The van der Waals surface area contributed by atoms with Gasteiger partial charge in [-0.25, -0.2) is 4.79 Å². The Morgan fingerprint density at radius 2 is 2.03 bits per heavy atom. The van der Waals surface area contributed by atoms with Gasteiger partial charge in [0.05, 0.1) is 17.7 Å². The molecule has 2 aromatic rings. The molecule has 2 aromatic carbocycles. The van der Waals surface area contributed by atoms with Crippen LogP contribution in [-0.2, 0) is 14.3 Å². The van der Waals surface area contributed by atoms with Gasteiger partial charge in [0.15, 0.2) is 6.61 Å². The Morgan fingerprint density at radius 3 is 2.72 bits per heavy atom. The lowest BCUT2D eigenvalue weighted by Gasteiger charge is -2.15. The molecular weight excluding hydrogens is 394 g/mol. The molecule has 0 aromatic heterocycles. The van der Waals surface area contributed by atoms with Crippen molar-refractivity contribution in [3.05, 3.63) is 64.7 Å². The second kappa shape index (κ2) is 10.3. The molecule has 154 valence electrons. The van der Waals surface area contributed by atoms with E-state index in [9.17, 15) is 9.59 Å². The second-order valence-electron chi connectivity index (χ2n) is 6.89. The number of carbonyl (C=O) groups is 2. The third kappa shape index (κ3) is 6.48. The smallest absolute Gasteiger partial charge is 0.338 e. The van der Waals surface area contributed by atoms with Crippen LogP contribution in [0, 0.1) is 0 Å². The highest BCUT2D eigenvalue weighted by atomic mass is 35.5. The summed E-state index contributed by atoms with van der Waals surface area (Å²) in [5.74, 6) is -0.297. The third-order valence-corrected chi connectivity index (χ3v) is 4.85. The molecule has 1 aliphatic rings. The largest absolute Gasteiger partial charge is 0.491 e. The lowest BCUT2D eigenvalue weighted by molar-refractivity contribution is -0.124. The van der Waals surface area contributed by atoms with E-state index in [1.54, 1.807) is 36.4 Å². The molecular formula is C22H24ClNO5. The predicted octanol–water partition coefficient (Wildman–Crippen LogP) is 3.93. The minimum atomic E-state index is -0.568. The maximum absolute atomic E-state index is 12.1. The van der Waals surface area contributed by atoms with Crippen LogP contribution in [0.1, 0.15) is 41.7 Å². The molecule has 0 saturated carbocycles. The van der Waals surface area contributed by atoms with E-state index < -0.39 is 5.97 Å². The molecule has 0 aliphatic carbocycles. The van der Waals surface area contributed by atoms with Crippen molar-refractivity contribution in [2.24, 2.45) is 0 Å². The Balaban J connectivity index is 1.42. The monoisotopic (exact) mass is 417 g/mol. The first-order valence-electron chi connectivity index (χ1n) is 9.57. The van der Waals surface area contributed by atoms with Crippen molar-refractivity contribution in [3.63, 3.8) is 0 Å². The molecule has 0 unspecified atom stereocenters. The molecule has 1 fully saturated rings. The summed E-state index contributed by atoms with van der Waals surface area (Å²) in [6, 6.07) is 13.6. The van der Waals surface area contributed by atoms with Crippen LogP contribution in [0.4, 0.5) is 0 Å². The van der Waals surface area contributed by atoms with Crippen molar-refractivity contribution in [2.45, 2.75) is 31.9 Å². The number of esters is 1. The maximum Gasteiger partial charge on any atom is 0.338 e. The molecule has 3 rings (SSSR count). The number of rotatable bonds is 8. The zero-order chi connectivity index (χ0) is 20.6. The van der Waals surface area contributed by atoms with E-state index in [1.165, 1.54) is 0 Å². The molecule has 7 heteroatoms. The first-order chi connectivity index (χ1) is 14.0. The molecule has 1 amide bonds. The van der Waals surface area contributed by atoms with Crippen LogP contribution < -0.4 is 10.1 Å². The van der Waals surface area contributed by atoms with Crippen LogP contribution >= 0.6 is 11.6 Å². The predicted molar refractivity (Wildman–Crippen MR) is 109 cm³/mol. The number of hydrogen-bond donors (Lipinski definition) is 1. The molecule has 6 nitrogen and oxygen atoms in total. The molecule has 1 heterocycles. The number of amides is 1. The minimum Gasteiger partial charge on any atom is -0.491 e. The van der Waals surface area contributed by atoms with Crippen LogP contribution in [0.15, 0.2) is 48.5 Å². The minimum absolute atomic E-state index is 0.132. The lowest BCUT2D eigenvalue weighted by Crippen LogP contribution is -2.31. The van der Waals surface area contributed by atoms with Crippen LogP contribution in [0.25, 0.3) is 0 Å². The maximum atomic E-state index is 12.1. The zero-order valence-corrected chi connectivity index (χ0v) is 17.0. The number of ether oxygens (including phenoxy) is 3. The highest BCUT2D eigenvalue weighted by Crippen LogP contribution is 2.18. The van der Waals surface area contributed by atoms with E-state index in [1.807, 2.05) is 19.1 Å². The number of benzene rings is 2. The Kier molecular flexibility index (Phi) is 7.49. The summed E-state index contributed by atoms with van der Waals surface area (Å²) in [6.07, 6.45) is 2.19. The van der Waals surface area contributed by atoms with E-state index >= 15 is 0 Å². The van der Waals surface area contributed by atoms with Crippen molar-refractivity contribution >= 4 is 23.5 Å². The molecule has 29 heavy (non-hydrogen) atoms. The molecule has 1 saturated heterocycles. The Labute approximate surface area is 175 Å². The van der Waals surface area contributed by atoms with E-state index in [0.717, 1.165) is 25.0 Å². The average Bonchev–Trinajstić information content (AvgIpc) is 3.24. The van der Waals surface area contributed by atoms with Crippen molar-refractivity contribution in [2.75, 3.05) is 19.8 Å². The van der Waals surface area contributed by atoms with E-state index in [0.29, 0.717) is 22.9 Å². The Bertz CT molecular complexity index is 833. The second-order valence-corrected chi connectivity index (χ2v) is 7.33. The lowest BCUT2D eigenvalue weighted by atomic mass is 10.1. The average molecular weight is 418 g/mol. The molecule has 0 bridgehead atoms. The molecule has 0 radical (unpaired) electrons. The van der Waals surface area contributed by atoms with Gasteiger partial charge in [-0.1, -0.05) is 23.7 Å². The van der Waals surface area contributed by atoms with Gasteiger partial charge in [0.1, 0.15) is 12.4 Å². The first kappa shape index (κ1) is 21.1. The SMILES string of the molecule is C[C@@H](NC(=O)COC(=O)c1ccc(OC[C@@H]2CCCO2)cc1)c1cccc(Cl)c1. The van der Waals surface area contributed by atoms with Gasteiger partial charge in [-0.05, 0) is 61.7 Å². The normalized spacial score (nSPS) is 16.8. The number of hydrogen-bond acceptors (Lipinski definition) is 5. The quantitative estimate of drug-likeness (QED) is 0.659. The summed E-state index contributed by atoms with van der Waals surface area (Å²) in [5.41, 5.74) is 1.22. The van der Waals surface area contributed by atoms with Gasteiger partial charge in [0.2, 0.25) is 0 Å². The highest BCUT2D eigenvalue weighted by Gasteiger charge is 2.16. The summed E-state index contributed by atoms with van der Waals surface area (Å²) < 4.78 is 16.3. The van der Waals surface area contributed by atoms with Gasteiger partial charge in [-0.3, -0.25) is 4.79 Å². The van der Waals surface area contributed by atoms with Gasteiger partial charge in [-0.15, -0.1) is 0 Å². The fourth-order valence-electron chi connectivity index (χ4n) is 3.01. The molecule has 1 N–H and O–H groups in total. The van der Waals surface area contributed by atoms with Crippen molar-refractivity contribution in [3.8, 4) is 5.75 Å². The van der Waals surface area contributed by atoms with Crippen molar-refractivity contribution in [1.29, 1.82) is 0 Å². The van der Waals surface area contributed by atoms with Gasteiger partial charge >= 0.3 is 5.97 Å². The molecule has 2 atom stereocenters. The van der Waals surface area contributed by atoms with E-state index in [2.05, 4.69) is 5.32 Å². The zero-order valence-electron chi connectivity index (χ0n) is 16.2. The highest BCUT2D eigenvalue weighted by molar-refractivity contribution is 6.30. The van der Waals surface area contributed by atoms with Crippen LogP contribution in [0.2, 0.25) is 5.02 Å². The van der Waals surface area contributed by atoms with Crippen LogP contribution in [0.3, 0.4) is 0 Å².